The van der Waals surface area contributed by atoms with E-state index in [9.17, 15) is 0 Å². The quantitative estimate of drug-likeness (QED) is 0.718. The van der Waals surface area contributed by atoms with Crippen molar-refractivity contribution in [3.05, 3.63) is 29.8 Å². The van der Waals surface area contributed by atoms with E-state index in [-0.39, 0.29) is 6.04 Å². The fraction of sp³-hybridized carbons (Fsp3) is 0.600. The molecule has 0 aromatic heterocycles. The fourth-order valence-corrected chi connectivity index (χ4v) is 2.25. The van der Waals surface area contributed by atoms with E-state index in [1.54, 1.807) is 14.2 Å². The first-order chi connectivity index (χ1) is 9.22. The summed E-state index contributed by atoms with van der Waals surface area (Å²) in [6, 6.07) is 8.61. The van der Waals surface area contributed by atoms with Crippen molar-refractivity contribution < 1.29 is 9.47 Å². The Morgan fingerprint density at radius 2 is 2.00 bits per heavy atom. The molecule has 0 spiro atoms. The summed E-state index contributed by atoms with van der Waals surface area (Å²) < 4.78 is 10.7. The summed E-state index contributed by atoms with van der Waals surface area (Å²) in [7, 11) is 3.43. The number of hydrogen-bond acceptors (Lipinski definition) is 4. The van der Waals surface area contributed by atoms with Crippen molar-refractivity contribution in [1.82, 2.24) is 5.32 Å². The van der Waals surface area contributed by atoms with Crippen LogP contribution < -0.4 is 15.8 Å². The molecule has 0 radical (unpaired) electrons. The second kappa shape index (κ2) is 8.91. The van der Waals surface area contributed by atoms with Crippen molar-refractivity contribution in [2.24, 2.45) is 5.73 Å². The number of rotatable bonds is 9. The maximum atomic E-state index is 5.57. The van der Waals surface area contributed by atoms with Crippen LogP contribution in [-0.4, -0.2) is 33.4 Å². The van der Waals surface area contributed by atoms with E-state index < -0.39 is 0 Å². The van der Waals surface area contributed by atoms with Gasteiger partial charge in [0.2, 0.25) is 0 Å². The minimum absolute atomic E-state index is 0.217. The third-order valence-corrected chi connectivity index (χ3v) is 3.22. The SMILES string of the molecule is COCC(CCCN)NC(C)c1ccccc1OC. The predicted molar refractivity (Wildman–Crippen MR) is 78.5 cm³/mol. The summed E-state index contributed by atoms with van der Waals surface area (Å²) in [6.45, 7) is 3.55. The molecule has 0 bridgehead atoms. The van der Waals surface area contributed by atoms with Gasteiger partial charge in [0.05, 0.1) is 13.7 Å². The summed E-state index contributed by atoms with van der Waals surface area (Å²) in [5, 5.41) is 3.58. The van der Waals surface area contributed by atoms with Crippen molar-refractivity contribution in [2.75, 3.05) is 27.4 Å². The molecule has 0 heterocycles. The molecular formula is C15H26N2O2. The first kappa shape index (κ1) is 16.0. The summed E-state index contributed by atoms with van der Waals surface area (Å²) >= 11 is 0. The second-order valence-corrected chi connectivity index (χ2v) is 4.71. The smallest absolute Gasteiger partial charge is 0.123 e. The number of benzene rings is 1. The Kier molecular flexibility index (Phi) is 7.48. The first-order valence-corrected chi connectivity index (χ1v) is 6.80. The zero-order valence-corrected chi connectivity index (χ0v) is 12.2. The Bertz CT molecular complexity index is 358. The van der Waals surface area contributed by atoms with Gasteiger partial charge in [0.15, 0.2) is 0 Å². The molecule has 108 valence electrons. The van der Waals surface area contributed by atoms with Gasteiger partial charge in [0, 0.05) is 24.8 Å². The molecule has 1 aromatic rings. The average molecular weight is 266 g/mol. The number of nitrogens with one attached hydrogen (secondary N) is 1. The lowest BCUT2D eigenvalue weighted by atomic mass is 10.0. The van der Waals surface area contributed by atoms with Gasteiger partial charge in [0.1, 0.15) is 5.75 Å². The summed E-state index contributed by atoms with van der Waals surface area (Å²) in [4.78, 5) is 0. The molecule has 0 amide bonds. The zero-order valence-electron chi connectivity index (χ0n) is 12.2. The summed E-state index contributed by atoms with van der Waals surface area (Å²) in [5.74, 6) is 0.914. The van der Waals surface area contributed by atoms with Crippen molar-refractivity contribution in [1.29, 1.82) is 0 Å². The van der Waals surface area contributed by atoms with Crippen LogP contribution in [0.2, 0.25) is 0 Å². The van der Waals surface area contributed by atoms with Gasteiger partial charge in [-0.2, -0.15) is 0 Å². The summed E-state index contributed by atoms with van der Waals surface area (Å²) in [5.41, 5.74) is 6.74. The Morgan fingerprint density at radius 1 is 1.26 bits per heavy atom. The average Bonchev–Trinajstić information content (AvgIpc) is 2.44. The van der Waals surface area contributed by atoms with Crippen LogP contribution in [0.15, 0.2) is 24.3 Å². The topological polar surface area (TPSA) is 56.5 Å². The maximum absolute atomic E-state index is 5.57. The van der Waals surface area contributed by atoms with Crippen LogP contribution in [0.25, 0.3) is 0 Å². The number of ether oxygens (including phenoxy) is 2. The molecule has 2 unspecified atom stereocenters. The van der Waals surface area contributed by atoms with Gasteiger partial charge < -0.3 is 20.5 Å². The van der Waals surface area contributed by atoms with Crippen LogP contribution in [-0.2, 0) is 4.74 Å². The highest BCUT2D eigenvalue weighted by Gasteiger charge is 2.15. The molecule has 1 aromatic carbocycles. The maximum Gasteiger partial charge on any atom is 0.123 e. The largest absolute Gasteiger partial charge is 0.496 e. The van der Waals surface area contributed by atoms with Crippen molar-refractivity contribution in [3.63, 3.8) is 0 Å². The van der Waals surface area contributed by atoms with Gasteiger partial charge in [-0.05, 0) is 32.4 Å². The van der Waals surface area contributed by atoms with Crippen molar-refractivity contribution in [3.8, 4) is 5.75 Å². The van der Waals surface area contributed by atoms with E-state index in [4.69, 9.17) is 15.2 Å². The molecule has 2 atom stereocenters. The zero-order chi connectivity index (χ0) is 14.1. The first-order valence-electron chi connectivity index (χ1n) is 6.80. The standard InChI is InChI=1S/C15H26N2O2/c1-12(14-8-4-5-9-15(14)19-3)17-13(11-18-2)7-6-10-16/h4-5,8-9,12-13,17H,6-7,10-11,16H2,1-3H3. The highest BCUT2D eigenvalue weighted by molar-refractivity contribution is 5.35. The lowest BCUT2D eigenvalue weighted by molar-refractivity contribution is 0.156. The van der Waals surface area contributed by atoms with E-state index >= 15 is 0 Å². The molecule has 4 nitrogen and oxygen atoms in total. The van der Waals surface area contributed by atoms with Crippen LogP contribution in [0.1, 0.15) is 31.4 Å². The monoisotopic (exact) mass is 266 g/mol. The third kappa shape index (κ3) is 5.19. The lowest BCUT2D eigenvalue weighted by Crippen LogP contribution is -2.35. The van der Waals surface area contributed by atoms with Gasteiger partial charge >= 0.3 is 0 Å². The van der Waals surface area contributed by atoms with Gasteiger partial charge in [0.25, 0.3) is 0 Å². The number of methoxy groups -OCH3 is 2. The Balaban J connectivity index is 2.66. The predicted octanol–water partition coefficient (Wildman–Crippen LogP) is 2.10. The number of para-hydroxylation sites is 1. The summed E-state index contributed by atoms with van der Waals surface area (Å²) in [6.07, 6.45) is 2.02. The molecule has 0 saturated carbocycles. The van der Waals surface area contributed by atoms with E-state index in [2.05, 4.69) is 18.3 Å². The molecule has 0 aliphatic carbocycles. The third-order valence-electron chi connectivity index (χ3n) is 3.22. The van der Waals surface area contributed by atoms with E-state index in [1.807, 2.05) is 18.2 Å². The highest BCUT2D eigenvalue weighted by Crippen LogP contribution is 2.24. The van der Waals surface area contributed by atoms with Crippen molar-refractivity contribution in [2.45, 2.75) is 31.8 Å². The minimum atomic E-state index is 0.217. The number of hydrogen-bond donors (Lipinski definition) is 2. The van der Waals surface area contributed by atoms with Crippen LogP contribution in [0, 0.1) is 0 Å². The molecule has 0 aliphatic heterocycles. The minimum Gasteiger partial charge on any atom is -0.496 e. The molecule has 4 heteroatoms. The van der Waals surface area contributed by atoms with E-state index in [0.717, 1.165) is 18.6 Å². The highest BCUT2D eigenvalue weighted by atomic mass is 16.5. The fourth-order valence-electron chi connectivity index (χ4n) is 2.25. The van der Waals surface area contributed by atoms with Gasteiger partial charge in [-0.3, -0.25) is 0 Å². The number of nitrogens with two attached hydrogens (primary N) is 1. The van der Waals surface area contributed by atoms with Gasteiger partial charge in [-0.25, -0.2) is 0 Å². The normalized spacial score (nSPS) is 14.1. The Labute approximate surface area is 116 Å². The van der Waals surface area contributed by atoms with E-state index in [1.165, 1.54) is 5.56 Å². The molecule has 0 aliphatic rings. The molecular weight excluding hydrogens is 240 g/mol. The van der Waals surface area contributed by atoms with E-state index in [0.29, 0.717) is 19.2 Å². The van der Waals surface area contributed by atoms with Crippen LogP contribution in [0.3, 0.4) is 0 Å². The van der Waals surface area contributed by atoms with Crippen LogP contribution >= 0.6 is 0 Å². The molecule has 0 fully saturated rings. The van der Waals surface area contributed by atoms with Crippen LogP contribution in [0.5, 0.6) is 5.75 Å². The molecule has 1 rings (SSSR count). The molecule has 19 heavy (non-hydrogen) atoms. The Morgan fingerprint density at radius 3 is 2.63 bits per heavy atom. The lowest BCUT2D eigenvalue weighted by Gasteiger charge is -2.24. The molecule has 3 N–H and O–H groups in total. The molecule has 0 saturated heterocycles. The van der Waals surface area contributed by atoms with Gasteiger partial charge in [-0.15, -0.1) is 0 Å². The van der Waals surface area contributed by atoms with Crippen molar-refractivity contribution >= 4 is 0 Å². The van der Waals surface area contributed by atoms with Gasteiger partial charge in [-0.1, -0.05) is 18.2 Å². The van der Waals surface area contributed by atoms with Crippen LogP contribution in [0.4, 0.5) is 0 Å². The Hall–Kier alpha value is -1.10. The second-order valence-electron chi connectivity index (χ2n) is 4.71.